The number of ether oxygens (including phenoxy) is 1. The molecule has 4 nitrogen and oxygen atoms in total. The molecule has 2 atom stereocenters. The molecular weight excluding hydrogens is 312 g/mol. The Morgan fingerprint density at radius 3 is 3.09 bits per heavy atom. The Hall–Kier alpha value is -1.26. The van der Waals surface area contributed by atoms with Crippen LogP contribution in [0.3, 0.4) is 0 Å². The first kappa shape index (κ1) is 16.6. The number of nitrogens with one attached hydrogen (secondary N) is 1. The molecule has 2 aliphatic rings. The molecule has 5 heteroatoms. The number of nitrogens with zero attached hydrogens (tertiary/aromatic N) is 1. The number of hydrogen-bond donors (Lipinski definition) is 1. The smallest absolute Gasteiger partial charge is 0.222 e. The van der Waals surface area contributed by atoms with Crippen molar-refractivity contribution in [2.75, 3.05) is 31.1 Å². The molecular formula is C18H25ClN2O2. The van der Waals surface area contributed by atoms with E-state index >= 15 is 0 Å². The fourth-order valence-electron chi connectivity index (χ4n) is 3.48. The fraction of sp³-hybridized carbons (Fsp3) is 0.611. The van der Waals surface area contributed by atoms with Crippen molar-refractivity contribution < 1.29 is 9.53 Å². The van der Waals surface area contributed by atoms with Crippen LogP contribution in [-0.2, 0) is 9.53 Å². The average molecular weight is 337 g/mol. The third-order valence-corrected chi connectivity index (χ3v) is 5.06. The molecule has 0 bridgehead atoms. The monoisotopic (exact) mass is 336 g/mol. The van der Waals surface area contributed by atoms with Gasteiger partial charge in [-0.05, 0) is 49.8 Å². The molecule has 0 aliphatic carbocycles. The first-order valence-electron chi connectivity index (χ1n) is 8.51. The molecule has 0 saturated carbocycles. The van der Waals surface area contributed by atoms with Crippen LogP contribution in [0.5, 0.6) is 0 Å². The van der Waals surface area contributed by atoms with Crippen molar-refractivity contribution in [3.8, 4) is 0 Å². The van der Waals surface area contributed by atoms with Gasteiger partial charge in [0.1, 0.15) is 0 Å². The van der Waals surface area contributed by atoms with Gasteiger partial charge in [0.25, 0.3) is 0 Å². The minimum Gasteiger partial charge on any atom is -0.378 e. The topological polar surface area (TPSA) is 41.6 Å². The third kappa shape index (κ3) is 4.39. The Balaban J connectivity index is 1.46. The van der Waals surface area contributed by atoms with E-state index < -0.39 is 0 Å². The summed E-state index contributed by atoms with van der Waals surface area (Å²) in [4.78, 5) is 14.4. The quantitative estimate of drug-likeness (QED) is 0.898. The van der Waals surface area contributed by atoms with E-state index in [4.69, 9.17) is 16.3 Å². The lowest BCUT2D eigenvalue weighted by Crippen LogP contribution is -2.33. The molecule has 1 N–H and O–H groups in total. The number of halogens is 1. The number of rotatable bonds is 5. The van der Waals surface area contributed by atoms with Crippen LogP contribution in [0.1, 0.15) is 31.2 Å². The Morgan fingerprint density at radius 2 is 2.30 bits per heavy atom. The molecule has 0 radical (unpaired) electrons. The zero-order chi connectivity index (χ0) is 16.2. The van der Waals surface area contributed by atoms with Crippen LogP contribution in [0.4, 0.5) is 5.69 Å². The molecule has 2 fully saturated rings. The SMILES string of the molecule is Cc1ccc(Cl)cc1N1CCC(CNC(=O)CC2CCCO2)C1. The largest absolute Gasteiger partial charge is 0.378 e. The first-order valence-corrected chi connectivity index (χ1v) is 8.89. The van der Waals surface area contributed by atoms with Gasteiger partial charge in [0, 0.05) is 37.0 Å². The molecule has 0 aromatic heterocycles. The van der Waals surface area contributed by atoms with E-state index in [1.165, 1.54) is 11.3 Å². The maximum Gasteiger partial charge on any atom is 0.222 e. The summed E-state index contributed by atoms with van der Waals surface area (Å²) in [5, 5.41) is 3.85. The molecule has 2 unspecified atom stereocenters. The number of carbonyl (C=O) groups is 1. The number of amides is 1. The molecule has 126 valence electrons. The predicted octanol–water partition coefficient (Wildman–Crippen LogP) is 3.16. The average Bonchev–Trinajstić information content (AvgIpc) is 3.19. The summed E-state index contributed by atoms with van der Waals surface area (Å²) >= 11 is 6.12. The highest BCUT2D eigenvalue weighted by Crippen LogP contribution is 2.29. The molecule has 3 rings (SSSR count). The highest BCUT2D eigenvalue weighted by atomic mass is 35.5. The number of carbonyl (C=O) groups excluding carboxylic acids is 1. The summed E-state index contributed by atoms with van der Waals surface area (Å²) in [5.74, 6) is 0.621. The van der Waals surface area contributed by atoms with Crippen molar-refractivity contribution in [1.29, 1.82) is 0 Å². The van der Waals surface area contributed by atoms with E-state index in [0.717, 1.165) is 50.5 Å². The molecule has 1 aromatic carbocycles. The van der Waals surface area contributed by atoms with Crippen molar-refractivity contribution >= 4 is 23.2 Å². The zero-order valence-electron chi connectivity index (χ0n) is 13.7. The molecule has 1 amide bonds. The molecule has 23 heavy (non-hydrogen) atoms. The minimum absolute atomic E-state index is 0.120. The maximum atomic E-state index is 12.0. The van der Waals surface area contributed by atoms with Gasteiger partial charge in [-0.1, -0.05) is 17.7 Å². The van der Waals surface area contributed by atoms with Crippen molar-refractivity contribution in [1.82, 2.24) is 5.32 Å². The van der Waals surface area contributed by atoms with E-state index in [1.807, 2.05) is 12.1 Å². The van der Waals surface area contributed by atoms with Crippen LogP contribution in [0.15, 0.2) is 18.2 Å². The second-order valence-corrected chi connectivity index (χ2v) is 7.11. The van der Waals surface area contributed by atoms with Crippen LogP contribution >= 0.6 is 11.6 Å². The van der Waals surface area contributed by atoms with Crippen LogP contribution in [0, 0.1) is 12.8 Å². The zero-order valence-corrected chi connectivity index (χ0v) is 14.4. The van der Waals surface area contributed by atoms with Gasteiger partial charge in [-0.25, -0.2) is 0 Å². The number of benzene rings is 1. The predicted molar refractivity (Wildman–Crippen MR) is 93.1 cm³/mol. The van der Waals surface area contributed by atoms with Crippen molar-refractivity contribution in [3.63, 3.8) is 0 Å². The van der Waals surface area contributed by atoms with Gasteiger partial charge in [0.2, 0.25) is 5.91 Å². The van der Waals surface area contributed by atoms with Crippen LogP contribution in [-0.4, -0.2) is 38.3 Å². The number of aryl methyl sites for hydroxylation is 1. The maximum absolute atomic E-state index is 12.0. The summed E-state index contributed by atoms with van der Waals surface area (Å²) < 4.78 is 5.51. The standard InChI is InChI=1S/C18H25ClN2O2/c1-13-4-5-15(19)9-17(13)21-7-6-14(12-21)11-20-18(22)10-16-3-2-8-23-16/h4-5,9,14,16H,2-3,6-8,10-12H2,1H3,(H,20,22). The van der Waals surface area contributed by atoms with E-state index in [2.05, 4.69) is 23.2 Å². The van der Waals surface area contributed by atoms with Crippen molar-refractivity contribution in [3.05, 3.63) is 28.8 Å². The van der Waals surface area contributed by atoms with Crippen LogP contribution < -0.4 is 10.2 Å². The molecule has 0 spiro atoms. The fourth-order valence-corrected chi connectivity index (χ4v) is 3.65. The molecule has 2 heterocycles. The highest BCUT2D eigenvalue weighted by Gasteiger charge is 2.25. The Kier molecular flexibility index (Phi) is 5.44. The van der Waals surface area contributed by atoms with Gasteiger partial charge < -0.3 is 15.0 Å². The van der Waals surface area contributed by atoms with Gasteiger partial charge in [-0.2, -0.15) is 0 Å². The van der Waals surface area contributed by atoms with Gasteiger partial charge in [0.05, 0.1) is 12.5 Å². The number of anilines is 1. The second-order valence-electron chi connectivity index (χ2n) is 6.67. The minimum atomic E-state index is 0.120. The van der Waals surface area contributed by atoms with Crippen molar-refractivity contribution in [2.45, 2.75) is 38.7 Å². The lowest BCUT2D eigenvalue weighted by Gasteiger charge is -2.21. The highest BCUT2D eigenvalue weighted by molar-refractivity contribution is 6.30. The normalized spacial score (nSPS) is 24.2. The first-order chi connectivity index (χ1) is 11.1. The van der Waals surface area contributed by atoms with Crippen molar-refractivity contribution in [2.24, 2.45) is 5.92 Å². The Bertz CT molecular complexity index is 558. The summed E-state index contributed by atoms with van der Waals surface area (Å²) in [6.45, 7) is 5.66. The van der Waals surface area contributed by atoms with Gasteiger partial charge >= 0.3 is 0 Å². The van der Waals surface area contributed by atoms with E-state index in [-0.39, 0.29) is 12.0 Å². The summed E-state index contributed by atoms with van der Waals surface area (Å²) in [5.41, 5.74) is 2.46. The van der Waals surface area contributed by atoms with Gasteiger partial charge in [0.15, 0.2) is 0 Å². The molecule has 2 saturated heterocycles. The molecule has 1 aromatic rings. The van der Waals surface area contributed by atoms with Gasteiger partial charge in [-0.3, -0.25) is 4.79 Å². The third-order valence-electron chi connectivity index (χ3n) is 4.82. The van der Waals surface area contributed by atoms with E-state index in [0.29, 0.717) is 12.3 Å². The molecule has 2 aliphatic heterocycles. The van der Waals surface area contributed by atoms with E-state index in [9.17, 15) is 4.79 Å². The van der Waals surface area contributed by atoms with Crippen LogP contribution in [0.2, 0.25) is 5.02 Å². The Labute approximate surface area is 143 Å². The van der Waals surface area contributed by atoms with E-state index in [1.54, 1.807) is 0 Å². The van der Waals surface area contributed by atoms with Gasteiger partial charge in [-0.15, -0.1) is 0 Å². The Morgan fingerprint density at radius 1 is 1.43 bits per heavy atom. The second kappa shape index (κ2) is 7.54. The lowest BCUT2D eigenvalue weighted by molar-refractivity contribution is -0.123. The summed E-state index contributed by atoms with van der Waals surface area (Å²) in [6, 6.07) is 6.03. The van der Waals surface area contributed by atoms with Crippen LogP contribution in [0.25, 0.3) is 0 Å². The lowest BCUT2D eigenvalue weighted by atomic mass is 10.1. The summed E-state index contributed by atoms with van der Waals surface area (Å²) in [6.07, 6.45) is 3.83. The summed E-state index contributed by atoms with van der Waals surface area (Å²) in [7, 11) is 0. The number of hydrogen-bond acceptors (Lipinski definition) is 3.